The molecule has 1 heterocycles. The number of rotatable bonds is 1. The van der Waals surface area contributed by atoms with Gasteiger partial charge in [0.1, 0.15) is 11.6 Å². The van der Waals surface area contributed by atoms with Gasteiger partial charge in [-0.3, -0.25) is 9.36 Å². The lowest BCUT2D eigenvalue weighted by molar-refractivity contribution is 0.620. The molecule has 4 heteroatoms. The fraction of sp³-hybridized carbons (Fsp3) is 0.222. The van der Waals surface area contributed by atoms with E-state index in [1.54, 1.807) is 24.5 Å². The van der Waals surface area contributed by atoms with Gasteiger partial charge in [0.15, 0.2) is 0 Å². The van der Waals surface area contributed by atoms with Crippen LogP contribution in [0.1, 0.15) is 22.5 Å². The van der Waals surface area contributed by atoms with Gasteiger partial charge in [-0.25, -0.2) is 9.37 Å². The number of fused-ring (bicyclic) bond motifs is 1. The van der Waals surface area contributed by atoms with E-state index < -0.39 is 0 Å². The monoisotopic (exact) mass is 296 g/mol. The van der Waals surface area contributed by atoms with Gasteiger partial charge in [0.25, 0.3) is 5.56 Å². The minimum absolute atomic E-state index is 0.171. The summed E-state index contributed by atoms with van der Waals surface area (Å²) in [5, 5.41) is 0.434. The predicted octanol–water partition coefficient (Wildman–Crippen LogP) is 3.76. The van der Waals surface area contributed by atoms with E-state index in [4.69, 9.17) is 0 Å². The lowest BCUT2D eigenvalue weighted by Gasteiger charge is -2.13. The van der Waals surface area contributed by atoms with Gasteiger partial charge in [-0.2, -0.15) is 0 Å². The van der Waals surface area contributed by atoms with Crippen molar-refractivity contribution in [2.45, 2.75) is 27.7 Å². The summed E-state index contributed by atoms with van der Waals surface area (Å²) >= 11 is 0. The molecular weight excluding hydrogens is 279 g/mol. The van der Waals surface area contributed by atoms with Gasteiger partial charge in [0, 0.05) is 6.07 Å². The number of nitrogens with zero attached hydrogens (tertiary/aromatic N) is 2. The van der Waals surface area contributed by atoms with Crippen molar-refractivity contribution in [3.05, 3.63) is 69.0 Å². The van der Waals surface area contributed by atoms with E-state index in [-0.39, 0.29) is 11.4 Å². The average molecular weight is 296 g/mol. The minimum atomic E-state index is -0.344. The number of halogens is 1. The van der Waals surface area contributed by atoms with Crippen LogP contribution in [0.3, 0.4) is 0 Å². The van der Waals surface area contributed by atoms with Crippen LogP contribution in [0.4, 0.5) is 4.39 Å². The summed E-state index contributed by atoms with van der Waals surface area (Å²) in [5.41, 5.74) is 3.62. The van der Waals surface area contributed by atoms with Crippen LogP contribution >= 0.6 is 0 Å². The largest absolute Gasteiger partial charge is 0.268 e. The van der Waals surface area contributed by atoms with Gasteiger partial charge < -0.3 is 0 Å². The van der Waals surface area contributed by atoms with Gasteiger partial charge in [-0.1, -0.05) is 6.07 Å². The molecule has 3 aromatic rings. The van der Waals surface area contributed by atoms with Crippen LogP contribution in [0, 0.1) is 33.5 Å². The molecule has 0 spiro atoms. The van der Waals surface area contributed by atoms with E-state index in [9.17, 15) is 9.18 Å². The molecule has 1 aromatic heterocycles. The topological polar surface area (TPSA) is 34.9 Å². The second-order valence-corrected chi connectivity index (χ2v) is 5.76. The highest BCUT2D eigenvalue weighted by Gasteiger charge is 2.12. The zero-order valence-corrected chi connectivity index (χ0v) is 13.1. The molecule has 0 aliphatic rings. The molecule has 3 rings (SSSR count). The molecule has 0 atom stereocenters. The molecule has 0 saturated carbocycles. The van der Waals surface area contributed by atoms with Gasteiger partial charge in [-0.15, -0.1) is 0 Å². The van der Waals surface area contributed by atoms with Gasteiger partial charge >= 0.3 is 0 Å². The molecule has 0 unspecified atom stereocenters. The number of hydrogen-bond acceptors (Lipinski definition) is 2. The molecule has 0 aliphatic heterocycles. The van der Waals surface area contributed by atoms with Crippen molar-refractivity contribution in [3.63, 3.8) is 0 Å². The summed E-state index contributed by atoms with van der Waals surface area (Å²) in [6, 6.07) is 8.85. The predicted molar refractivity (Wildman–Crippen MR) is 86.2 cm³/mol. The second-order valence-electron chi connectivity index (χ2n) is 5.76. The quantitative estimate of drug-likeness (QED) is 0.685. The van der Waals surface area contributed by atoms with Crippen molar-refractivity contribution in [2.24, 2.45) is 0 Å². The molecular formula is C18H17FN2O. The third-order valence-corrected chi connectivity index (χ3v) is 3.78. The maximum Gasteiger partial charge on any atom is 0.265 e. The molecule has 0 amide bonds. The Morgan fingerprint density at radius 3 is 2.23 bits per heavy atom. The molecule has 112 valence electrons. The molecule has 0 radical (unpaired) electrons. The van der Waals surface area contributed by atoms with Crippen molar-refractivity contribution >= 4 is 10.9 Å². The average Bonchev–Trinajstić information content (AvgIpc) is 2.40. The summed E-state index contributed by atoms with van der Waals surface area (Å²) < 4.78 is 15.3. The third kappa shape index (κ3) is 2.30. The van der Waals surface area contributed by atoms with Gasteiger partial charge in [0.05, 0.1) is 16.6 Å². The fourth-order valence-corrected chi connectivity index (χ4v) is 2.81. The first-order valence-electron chi connectivity index (χ1n) is 7.15. The molecule has 0 saturated heterocycles. The minimum Gasteiger partial charge on any atom is -0.268 e. The van der Waals surface area contributed by atoms with Crippen molar-refractivity contribution < 1.29 is 4.39 Å². The Morgan fingerprint density at radius 1 is 0.955 bits per heavy atom. The first kappa shape index (κ1) is 14.4. The smallest absolute Gasteiger partial charge is 0.265 e. The van der Waals surface area contributed by atoms with Crippen LogP contribution < -0.4 is 5.56 Å². The Kier molecular flexibility index (Phi) is 3.32. The summed E-state index contributed by atoms with van der Waals surface area (Å²) in [5.74, 6) is 0.203. The Hall–Kier alpha value is -2.49. The maximum absolute atomic E-state index is 13.7. The molecule has 0 fully saturated rings. The zero-order chi connectivity index (χ0) is 16.0. The SMILES string of the molecule is Cc1cc(C)cc(-n2c(C)nc3cc(F)c(C)cc3c2=O)c1. The molecule has 0 aliphatic carbocycles. The zero-order valence-electron chi connectivity index (χ0n) is 13.1. The molecule has 22 heavy (non-hydrogen) atoms. The number of benzene rings is 2. The van der Waals surface area contributed by atoms with Crippen LogP contribution in [0.25, 0.3) is 16.6 Å². The first-order chi connectivity index (χ1) is 10.4. The van der Waals surface area contributed by atoms with E-state index >= 15 is 0 Å². The summed E-state index contributed by atoms with van der Waals surface area (Å²) in [6.45, 7) is 7.39. The van der Waals surface area contributed by atoms with Crippen LogP contribution in [-0.4, -0.2) is 9.55 Å². The van der Waals surface area contributed by atoms with Crippen LogP contribution in [-0.2, 0) is 0 Å². The number of aromatic nitrogens is 2. The fourth-order valence-electron chi connectivity index (χ4n) is 2.81. The van der Waals surface area contributed by atoms with Gasteiger partial charge in [0.2, 0.25) is 0 Å². The Labute approximate surface area is 128 Å². The molecule has 2 aromatic carbocycles. The summed E-state index contributed by atoms with van der Waals surface area (Å²) in [6.07, 6.45) is 0. The van der Waals surface area contributed by atoms with Crippen molar-refractivity contribution in [3.8, 4) is 5.69 Å². The normalized spacial score (nSPS) is 11.1. The molecule has 0 N–H and O–H groups in total. The highest BCUT2D eigenvalue weighted by atomic mass is 19.1. The highest BCUT2D eigenvalue weighted by Crippen LogP contribution is 2.18. The number of hydrogen-bond donors (Lipinski definition) is 0. The third-order valence-electron chi connectivity index (χ3n) is 3.78. The van der Waals surface area contributed by atoms with Crippen molar-refractivity contribution in [1.82, 2.24) is 9.55 Å². The van der Waals surface area contributed by atoms with E-state index in [0.29, 0.717) is 22.3 Å². The van der Waals surface area contributed by atoms with E-state index in [0.717, 1.165) is 16.8 Å². The van der Waals surface area contributed by atoms with Crippen LogP contribution in [0.5, 0.6) is 0 Å². The van der Waals surface area contributed by atoms with Crippen LogP contribution in [0.2, 0.25) is 0 Å². The Balaban J connectivity index is 2.40. The molecule has 0 bridgehead atoms. The maximum atomic E-state index is 13.7. The first-order valence-corrected chi connectivity index (χ1v) is 7.15. The Morgan fingerprint density at radius 2 is 1.59 bits per heavy atom. The second kappa shape index (κ2) is 5.05. The lowest BCUT2D eigenvalue weighted by atomic mass is 10.1. The molecule has 3 nitrogen and oxygen atoms in total. The van der Waals surface area contributed by atoms with E-state index in [2.05, 4.69) is 11.1 Å². The number of aryl methyl sites for hydroxylation is 4. The standard InChI is InChI=1S/C18H17FN2O/c1-10-5-11(2)7-14(6-10)21-13(4)20-17-9-16(19)12(3)8-15(17)18(21)22/h5-9H,1-4H3. The Bertz CT molecular complexity index is 937. The van der Waals surface area contributed by atoms with Crippen LogP contribution in [0.15, 0.2) is 35.1 Å². The highest BCUT2D eigenvalue weighted by molar-refractivity contribution is 5.79. The summed E-state index contributed by atoms with van der Waals surface area (Å²) in [7, 11) is 0. The lowest BCUT2D eigenvalue weighted by Crippen LogP contribution is -2.22. The summed E-state index contributed by atoms with van der Waals surface area (Å²) in [4.78, 5) is 17.2. The van der Waals surface area contributed by atoms with Gasteiger partial charge in [-0.05, 0) is 62.6 Å². The van der Waals surface area contributed by atoms with E-state index in [1.807, 2.05) is 26.0 Å². The van der Waals surface area contributed by atoms with Crippen molar-refractivity contribution in [2.75, 3.05) is 0 Å². The van der Waals surface area contributed by atoms with Crippen molar-refractivity contribution in [1.29, 1.82) is 0 Å². The van der Waals surface area contributed by atoms with E-state index in [1.165, 1.54) is 6.07 Å².